The molecule has 3 aromatic carbocycles. The van der Waals surface area contributed by atoms with Crippen LogP contribution in [0.4, 0.5) is 0 Å². The molecule has 4 heteroatoms. The zero-order valence-corrected chi connectivity index (χ0v) is 21.1. The van der Waals surface area contributed by atoms with Gasteiger partial charge in [0.2, 0.25) is 0 Å². The van der Waals surface area contributed by atoms with Crippen LogP contribution in [0.15, 0.2) is 66.7 Å². The van der Waals surface area contributed by atoms with Crippen LogP contribution >= 0.6 is 0 Å². The first-order valence-electron chi connectivity index (χ1n) is 12.5. The Morgan fingerprint density at radius 3 is 2.34 bits per heavy atom. The van der Waals surface area contributed by atoms with Crippen molar-refractivity contribution in [3.05, 3.63) is 83.7 Å². The molecular weight excluding hydrogens is 432 g/mol. The van der Waals surface area contributed by atoms with Crippen molar-refractivity contribution in [1.29, 1.82) is 0 Å². The Labute approximate surface area is 208 Å². The average Bonchev–Trinajstić information content (AvgIpc) is 3.50. The van der Waals surface area contributed by atoms with Gasteiger partial charge in [-0.05, 0) is 79.1 Å². The van der Waals surface area contributed by atoms with Crippen molar-refractivity contribution in [3.63, 3.8) is 0 Å². The molecule has 0 bridgehead atoms. The van der Waals surface area contributed by atoms with E-state index in [1.807, 2.05) is 18.2 Å². The number of ether oxygens (including phenoxy) is 2. The van der Waals surface area contributed by atoms with Gasteiger partial charge in [0, 0.05) is 11.3 Å². The third-order valence-corrected chi connectivity index (χ3v) is 6.81. The lowest BCUT2D eigenvalue weighted by molar-refractivity contribution is 0.200. The molecule has 1 fully saturated rings. The molecule has 0 amide bonds. The number of benzene rings is 3. The van der Waals surface area contributed by atoms with Crippen LogP contribution in [-0.4, -0.2) is 22.8 Å². The Morgan fingerprint density at radius 2 is 1.63 bits per heavy atom. The Kier molecular flexibility index (Phi) is 6.38. The van der Waals surface area contributed by atoms with Crippen LogP contribution in [0.5, 0.6) is 11.5 Å². The molecule has 0 saturated heterocycles. The minimum atomic E-state index is 0.111. The summed E-state index contributed by atoms with van der Waals surface area (Å²) in [5, 5.41) is 0. The van der Waals surface area contributed by atoms with Gasteiger partial charge in [-0.15, -0.1) is 0 Å². The smallest absolute Gasteiger partial charge is 0.168 e. The van der Waals surface area contributed by atoms with E-state index in [-0.39, 0.29) is 11.5 Å². The zero-order chi connectivity index (χ0) is 24.4. The number of hydrogen-bond acceptors (Lipinski definition) is 3. The number of para-hydroxylation sites is 3. The van der Waals surface area contributed by atoms with E-state index in [0.29, 0.717) is 0 Å². The Morgan fingerprint density at radius 1 is 0.886 bits per heavy atom. The molecule has 1 aliphatic carbocycles. The molecule has 1 aliphatic rings. The van der Waals surface area contributed by atoms with Gasteiger partial charge in [-0.1, -0.05) is 57.2 Å². The summed E-state index contributed by atoms with van der Waals surface area (Å²) in [6, 6.07) is 23.1. The van der Waals surface area contributed by atoms with Crippen LogP contribution < -0.4 is 9.47 Å². The summed E-state index contributed by atoms with van der Waals surface area (Å²) in [6.45, 7) is 6.71. The lowest BCUT2D eigenvalue weighted by Gasteiger charge is -2.19. The highest BCUT2D eigenvalue weighted by atomic mass is 16.5. The SMILES string of the molecule is COc1cccc(/C=C/c2nc3ccccc3n2-c2ccc(C(C)(C)C)cc2)c1OC1CCCC1. The topological polar surface area (TPSA) is 36.3 Å². The molecule has 4 nitrogen and oxygen atoms in total. The van der Waals surface area contributed by atoms with Crippen molar-refractivity contribution in [3.8, 4) is 17.2 Å². The number of nitrogens with zero attached hydrogens (tertiary/aromatic N) is 2. The maximum Gasteiger partial charge on any atom is 0.168 e. The van der Waals surface area contributed by atoms with Gasteiger partial charge in [0.05, 0.1) is 24.2 Å². The summed E-state index contributed by atoms with van der Waals surface area (Å²) in [5.74, 6) is 2.46. The van der Waals surface area contributed by atoms with Gasteiger partial charge in [0.25, 0.3) is 0 Å². The van der Waals surface area contributed by atoms with Crippen LogP contribution in [0.2, 0.25) is 0 Å². The van der Waals surface area contributed by atoms with Crippen molar-refractivity contribution in [2.75, 3.05) is 7.11 Å². The molecule has 0 aliphatic heterocycles. The summed E-state index contributed by atoms with van der Waals surface area (Å²) >= 11 is 0. The molecule has 1 heterocycles. The van der Waals surface area contributed by atoms with Crippen molar-refractivity contribution in [2.24, 2.45) is 0 Å². The standard InChI is InChI=1S/C31H34N2O2/c1-31(2,3)23-17-19-24(20-18-23)33-27-14-8-7-13-26(27)32-29(33)21-16-22-10-9-15-28(34-4)30(22)35-25-11-5-6-12-25/h7-10,13-21,25H,5-6,11-12H2,1-4H3/b21-16+. The average molecular weight is 467 g/mol. The van der Waals surface area contributed by atoms with Crippen molar-refractivity contribution < 1.29 is 9.47 Å². The van der Waals surface area contributed by atoms with Gasteiger partial charge in [-0.3, -0.25) is 4.57 Å². The number of rotatable bonds is 6. The minimum absolute atomic E-state index is 0.111. The number of imidazole rings is 1. The second kappa shape index (κ2) is 9.61. The molecule has 180 valence electrons. The fourth-order valence-corrected chi connectivity index (χ4v) is 4.83. The quantitative estimate of drug-likeness (QED) is 0.291. The molecule has 1 saturated carbocycles. The summed E-state index contributed by atoms with van der Waals surface area (Å²) in [5.41, 5.74) is 5.58. The van der Waals surface area contributed by atoms with Gasteiger partial charge in [-0.25, -0.2) is 4.98 Å². The third kappa shape index (κ3) is 4.84. The van der Waals surface area contributed by atoms with E-state index in [4.69, 9.17) is 14.5 Å². The summed E-state index contributed by atoms with van der Waals surface area (Å²) < 4.78 is 14.3. The number of aromatic nitrogens is 2. The van der Waals surface area contributed by atoms with Crippen LogP contribution in [-0.2, 0) is 5.41 Å². The number of fused-ring (bicyclic) bond motifs is 1. The maximum absolute atomic E-state index is 6.43. The fraction of sp³-hybridized carbons (Fsp3) is 0.323. The largest absolute Gasteiger partial charge is 0.493 e. The van der Waals surface area contributed by atoms with Crippen LogP contribution in [0.1, 0.15) is 63.4 Å². The van der Waals surface area contributed by atoms with E-state index in [9.17, 15) is 0 Å². The Hall–Kier alpha value is -3.53. The predicted octanol–water partition coefficient (Wildman–Crippen LogP) is 7.82. The molecular formula is C31H34N2O2. The molecule has 0 radical (unpaired) electrons. The first-order chi connectivity index (χ1) is 16.9. The monoisotopic (exact) mass is 466 g/mol. The van der Waals surface area contributed by atoms with Crippen molar-refractivity contribution in [1.82, 2.24) is 9.55 Å². The summed E-state index contributed by atoms with van der Waals surface area (Å²) in [6.07, 6.45) is 9.07. The van der Waals surface area contributed by atoms with Crippen LogP contribution in [0.3, 0.4) is 0 Å². The van der Waals surface area contributed by atoms with Gasteiger partial charge in [0.1, 0.15) is 5.82 Å². The molecule has 0 unspecified atom stereocenters. The highest BCUT2D eigenvalue weighted by molar-refractivity contribution is 5.83. The lowest BCUT2D eigenvalue weighted by Crippen LogP contribution is -2.12. The Balaban J connectivity index is 1.56. The lowest BCUT2D eigenvalue weighted by atomic mass is 9.87. The van der Waals surface area contributed by atoms with E-state index < -0.39 is 0 Å². The summed E-state index contributed by atoms with van der Waals surface area (Å²) in [7, 11) is 1.70. The minimum Gasteiger partial charge on any atom is -0.493 e. The van der Waals surface area contributed by atoms with Crippen LogP contribution in [0.25, 0.3) is 28.9 Å². The van der Waals surface area contributed by atoms with Gasteiger partial charge < -0.3 is 9.47 Å². The highest BCUT2D eigenvalue weighted by Gasteiger charge is 2.20. The molecule has 35 heavy (non-hydrogen) atoms. The summed E-state index contributed by atoms with van der Waals surface area (Å²) in [4.78, 5) is 4.95. The number of methoxy groups -OCH3 is 1. The maximum atomic E-state index is 6.43. The van der Waals surface area contributed by atoms with E-state index >= 15 is 0 Å². The van der Waals surface area contributed by atoms with Gasteiger partial charge in [0.15, 0.2) is 11.5 Å². The second-order valence-electron chi connectivity index (χ2n) is 10.3. The predicted molar refractivity (Wildman–Crippen MR) is 145 cm³/mol. The molecule has 0 spiro atoms. The Bertz CT molecular complexity index is 1340. The second-order valence-corrected chi connectivity index (χ2v) is 10.3. The van der Waals surface area contributed by atoms with Crippen LogP contribution in [0, 0.1) is 0 Å². The van der Waals surface area contributed by atoms with Gasteiger partial charge >= 0.3 is 0 Å². The third-order valence-electron chi connectivity index (χ3n) is 6.81. The van der Waals surface area contributed by atoms with E-state index in [2.05, 4.69) is 86.0 Å². The molecule has 1 aromatic heterocycles. The van der Waals surface area contributed by atoms with E-state index in [0.717, 1.165) is 52.4 Å². The normalized spacial score (nSPS) is 14.7. The first kappa shape index (κ1) is 23.2. The highest BCUT2D eigenvalue weighted by Crippen LogP contribution is 2.36. The van der Waals surface area contributed by atoms with Crippen molar-refractivity contribution >= 4 is 23.2 Å². The first-order valence-corrected chi connectivity index (χ1v) is 12.5. The zero-order valence-electron chi connectivity index (χ0n) is 21.1. The van der Waals surface area contributed by atoms with E-state index in [1.165, 1.54) is 18.4 Å². The number of hydrogen-bond donors (Lipinski definition) is 0. The van der Waals surface area contributed by atoms with E-state index in [1.54, 1.807) is 7.11 Å². The molecule has 4 aromatic rings. The molecule has 5 rings (SSSR count). The molecule has 0 atom stereocenters. The van der Waals surface area contributed by atoms with Gasteiger partial charge in [-0.2, -0.15) is 0 Å². The van der Waals surface area contributed by atoms with Crippen molar-refractivity contribution in [2.45, 2.75) is 58.0 Å². The molecule has 0 N–H and O–H groups in total. The fourth-order valence-electron chi connectivity index (χ4n) is 4.83.